The maximum absolute atomic E-state index is 12.6. The SMILES string of the molecule is CCOC(=O)c1nnc(N2CC(CS(=O)(=O)F)CC2=O)s1. The molecule has 1 aliphatic rings. The van der Waals surface area contributed by atoms with Crippen LogP contribution in [0.25, 0.3) is 0 Å². The van der Waals surface area contributed by atoms with E-state index in [1.807, 2.05) is 0 Å². The minimum absolute atomic E-state index is 0.00112. The molecule has 1 amide bonds. The highest BCUT2D eigenvalue weighted by Gasteiger charge is 2.35. The molecule has 0 spiro atoms. The third-order valence-corrected chi connectivity index (χ3v) is 4.53. The maximum Gasteiger partial charge on any atom is 0.369 e. The van der Waals surface area contributed by atoms with Gasteiger partial charge in [-0.25, -0.2) is 4.79 Å². The summed E-state index contributed by atoms with van der Waals surface area (Å²) in [7, 11) is -4.64. The maximum atomic E-state index is 12.6. The minimum atomic E-state index is -4.64. The molecule has 0 N–H and O–H groups in total. The third-order valence-electron chi connectivity index (χ3n) is 2.74. The number of carbonyl (C=O) groups is 2. The Labute approximate surface area is 124 Å². The lowest BCUT2D eigenvalue weighted by Crippen LogP contribution is -2.25. The molecule has 1 unspecified atom stereocenters. The molecule has 116 valence electrons. The van der Waals surface area contributed by atoms with Gasteiger partial charge in [-0.3, -0.25) is 9.69 Å². The van der Waals surface area contributed by atoms with E-state index >= 15 is 0 Å². The van der Waals surface area contributed by atoms with E-state index in [-0.39, 0.29) is 35.6 Å². The summed E-state index contributed by atoms with van der Waals surface area (Å²) in [6, 6.07) is 0. The molecule has 1 aromatic heterocycles. The molecule has 1 aromatic rings. The standard InChI is InChI=1S/C10H12FN3O5S2/c1-2-19-9(16)8-12-13-10(20-8)14-4-6(3-7(14)15)5-21(11,17)18/h6H,2-5H2,1H3. The van der Waals surface area contributed by atoms with E-state index < -0.39 is 27.9 Å². The Balaban J connectivity index is 2.09. The van der Waals surface area contributed by atoms with Crippen LogP contribution in [0.5, 0.6) is 0 Å². The average Bonchev–Trinajstić information content (AvgIpc) is 2.94. The largest absolute Gasteiger partial charge is 0.461 e. The van der Waals surface area contributed by atoms with Gasteiger partial charge in [-0.2, -0.15) is 8.42 Å². The molecule has 0 aliphatic carbocycles. The highest BCUT2D eigenvalue weighted by molar-refractivity contribution is 7.86. The van der Waals surface area contributed by atoms with Crippen molar-refractivity contribution < 1.29 is 26.6 Å². The van der Waals surface area contributed by atoms with Gasteiger partial charge in [-0.15, -0.1) is 14.1 Å². The first kappa shape index (κ1) is 15.8. The Morgan fingerprint density at radius 1 is 1.52 bits per heavy atom. The molecule has 11 heteroatoms. The van der Waals surface area contributed by atoms with Gasteiger partial charge < -0.3 is 4.74 Å². The summed E-state index contributed by atoms with van der Waals surface area (Å²) in [5.74, 6) is -2.37. The molecule has 0 saturated carbocycles. The zero-order chi connectivity index (χ0) is 15.6. The minimum Gasteiger partial charge on any atom is -0.461 e. The number of hydrogen-bond acceptors (Lipinski definition) is 8. The van der Waals surface area contributed by atoms with Crippen molar-refractivity contribution >= 4 is 38.6 Å². The van der Waals surface area contributed by atoms with Crippen molar-refractivity contribution in [2.24, 2.45) is 5.92 Å². The van der Waals surface area contributed by atoms with Gasteiger partial charge in [0.25, 0.3) is 0 Å². The van der Waals surface area contributed by atoms with Crippen molar-refractivity contribution in [3.63, 3.8) is 0 Å². The highest BCUT2D eigenvalue weighted by Crippen LogP contribution is 2.28. The number of esters is 1. The van der Waals surface area contributed by atoms with Crippen LogP contribution in [0.2, 0.25) is 0 Å². The molecule has 1 aliphatic heterocycles. The number of anilines is 1. The van der Waals surface area contributed by atoms with Gasteiger partial charge in [0.05, 0.1) is 12.4 Å². The molecule has 1 fully saturated rings. The second kappa shape index (κ2) is 6.02. The Morgan fingerprint density at radius 2 is 2.24 bits per heavy atom. The van der Waals surface area contributed by atoms with Crippen LogP contribution in [0, 0.1) is 5.92 Å². The van der Waals surface area contributed by atoms with Crippen molar-refractivity contribution in [3.8, 4) is 0 Å². The summed E-state index contributed by atoms with van der Waals surface area (Å²) in [5.41, 5.74) is 0. The quantitative estimate of drug-likeness (QED) is 0.564. The fourth-order valence-corrected chi connectivity index (χ4v) is 3.51. The lowest BCUT2D eigenvalue weighted by Gasteiger charge is -2.11. The number of amides is 1. The number of carbonyl (C=O) groups excluding carboxylic acids is 2. The van der Waals surface area contributed by atoms with E-state index in [1.165, 1.54) is 4.90 Å². The van der Waals surface area contributed by atoms with Gasteiger partial charge in [-0.1, -0.05) is 11.3 Å². The number of halogens is 1. The van der Waals surface area contributed by atoms with E-state index in [9.17, 15) is 21.9 Å². The van der Waals surface area contributed by atoms with E-state index in [1.54, 1.807) is 6.92 Å². The van der Waals surface area contributed by atoms with Crippen LogP contribution in [0.15, 0.2) is 0 Å². The van der Waals surface area contributed by atoms with Gasteiger partial charge >= 0.3 is 16.2 Å². The molecule has 0 radical (unpaired) electrons. The van der Waals surface area contributed by atoms with Crippen LogP contribution in [0.1, 0.15) is 23.1 Å². The number of rotatable bonds is 5. The number of hydrogen-bond donors (Lipinski definition) is 0. The Morgan fingerprint density at radius 3 is 2.86 bits per heavy atom. The van der Waals surface area contributed by atoms with Crippen LogP contribution >= 0.6 is 11.3 Å². The van der Waals surface area contributed by atoms with Crippen molar-refractivity contribution in [2.75, 3.05) is 23.8 Å². The fraction of sp³-hybridized carbons (Fsp3) is 0.600. The second-order valence-corrected chi connectivity index (χ2v) is 6.76. The molecular weight excluding hydrogens is 325 g/mol. The van der Waals surface area contributed by atoms with Crippen LogP contribution in [0.3, 0.4) is 0 Å². The molecule has 8 nitrogen and oxygen atoms in total. The van der Waals surface area contributed by atoms with Crippen LogP contribution in [0.4, 0.5) is 9.02 Å². The normalized spacial score (nSPS) is 19.0. The summed E-state index contributed by atoms with van der Waals surface area (Å²) in [6.45, 7) is 1.86. The van der Waals surface area contributed by atoms with Crippen LogP contribution < -0.4 is 4.90 Å². The number of ether oxygens (including phenoxy) is 1. The molecule has 1 saturated heterocycles. The van der Waals surface area contributed by atoms with Gasteiger partial charge in [0.2, 0.25) is 16.0 Å². The third kappa shape index (κ3) is 3.94. The Hall–Kier alpha value is -1.62. The van der Waals surface area contributed by atoms with E-state index in [0.29, 0.717) is 0 Å². The second-order valence-electron chi connectivity index (χ2n) is 4.39. The predicted octanol–water partition coefficient (Wildman–Crippen LogP) is 0.367. The highest BCUT2D eigenvalue weighted by atomic mass is 32.3. The zero-order valence-corrected chi connectivity index (χ0v) is 12.6. The first-order valence-electron chi connectivity index (χ1n) is 6.03. The van der Waals surface area contributed by atoms with Gasteiger partial charge in [0.1, 0.15) is 0 Å². The summed E-state index contributed by atoms with van der Waals surface area (Å²) in [4.78, 5) is 24.5. The molecule has 1 atom stereocenters. The molecular formula is C10H12FN3O5S2. The smallest absolute Gasteiger partial charge is 0.369 e. The van der Waals surface area contributed by atoms with Crippen LogP contribution in [-0.4, -0.2) is 49.4 Å². The topological polar surface area (TPSA) is 107 Å². The summed E-state index contributed by atoms with van der Waals surface area (Å²) in [6.07, 6.45) is -0.0858. The summed E-state index contributed by atoms with van der Waals surface area (Å²) < 4.78 is 38.6. The lowest BCUT2D eigenvalue weighted by molar-refractivity contribution is -0.117. The van der Waals surface area contributed by atoms with Gasteiger partial charge in [0, 0.05) is 18.9 Å². The fourth-order valence-electron chi connectivity index (χ4n) is 1.96. The Kier molecular flexibility index (Phi) is 4.52. The molecule has 2 heterocycles. The van der Waals surface area contributed by atoms with E-state index in [2.05, 4.69) is 10.2 Å². The van der Waals surface area contributed by atoms with E-state index in [0.717, 1.165) is 11.3 Å². The van der Waals surface area contributed by atoms with E-state index in [4.69, 9.17) is 4.74 Å². The number of nitrogens with zero attached hydrogens (tertiary/aromatic N) is 3. The van der Waals surface area contributed by atoms with Gasteiger partial charge in [-0.05, 0) is 6.92 Å². The predicted molar refractivity (Wildman–Crippen MR) is 71.2 cm³/mol. The number of aromatic nitrogens is 2. The summed E-state index contributed by atoms with van der Waals surface area (Å²) in [5, 5.41) is 7.50. The zero-order valence-electron chi connectivity index (χ0n) is 11.0. The van der Waals surface area contributed by atoms with Gasteiger partial charge in [0.15, 0.2) is 0 Å². The van der Waals surface area contributed by atoms with Crippen molar-refractivity contribution in [2.45, 2.75) is 13.3 Å². The monoisotopic (exact) mass is 337 g/mol. The van der Waals surface area contributed by atoms with Crippen LogP contribution in [-0.2, 0) is 19.8 Å². The van der Waals surface area contributed by atoms with Crippen molar-refractivity contribution in [3.05, 3.63) is 5.01 Å². The first-order chi connectivity index (χ1) is 9.80. The molecule has 21 heavy (non-hydrogen) atoms. The Bertz CT molecular complexity index is 659. The molecule has 0 bridgehead atoms. The van der Waals surface area contributed by atoms with Crippen molar-refractivity contribution in [1.29, 1.82) is 0 Å². The molecule has 0 aromatic carbocycles. The summed E-state index contributed by atoms with van der Waals surface area (Å²) >= 11 is 0.867. The lowest BCUT2D eigenvalue weighted by atomic mass is 10.1. The van der Waals surface area contributed by atoms with Crippen molar-refractivity contribution in [1.82, 2.24) is 10.2 Å². The first-order valence-corrected chi connectivity index (χ1v) is 8.40. The average molecular weight is 337 g/mol. The molecule has 2 rings (SSSR count).